The summed E-state index contributed by atoms with van der Waals surface area (Å²) < 4.78 is 41.6. The first-order chi connectivity index (χ1) is 14.8. The van der Waals surface area contributed by atoms with Gasteiger partial charge in [0.2, 0.25) is 0 Å². The maximum atomic E-state index is 14.4. The number of amides is 1. The van der Waals surface area contributed by atoms with Crippen molar-refractivity contribution in [1.82, 2.24) is 9.88 Å². The number of carbonyl (C=O) groups is 2. The average molecular weight is 430 g/mol. The van der Waals surface area contributed by atoms with Gasteiger partial charge in [0.1, 0.15) is 5.82 Å². The van der Waals surface area contributed by atoms with Crippen molar-refractivity contribution in [2.75, 3.05) is 0 Å². The van der Waals surface area contributed by atoms with E-state index in [0.717, 1.165) is 5.56 Å². The summed E-state index contributed by atoms with van der Waals surface area (Å²) in [6.07, 6.45) is 0.394. The first kappa shape index (κ1) is 21.0. The third-order valence-corrected chi connectivity index (χ3v) is 5.74. The van der Waals surface area contributed by atoms with Gasteiger partial charge in [-0.2, -0.15) is 0 Å². The van der Waals surface area contributed by atoms with Crippen LogP contribution in [0.5, 0.6) is 0 Å². The molecule has 0 aliphatic heterocycles. The number of nitrogens with zero attached hydrogens (tertiary/aromatic N) is 1. The molecule has 0 bridgehead atoms. The zero-order valence-electron chi connectivity index (χ0n) is 16.5. The smallest absolute Gasteiger partial charge is 0.303 e. The Bertz CT molecular complexity index is 1120. The SMILES string of the molecule is O=C(O)CC1CC(NC(=O)c2ccc(F)c3ccn(Cc4ccc(C(F)F)cc4)c23)C1. The highest BCUT2D eigenvalue weighted by atomic mass is 19.3. The van der Waals surface area contributed by atoms with E-state index in [-0.39, 0.29) is 29.9 Å². The molecule has 162 valence electrons. The van der Waals surface area contributed by atoms with Gasteiger partial charge in [-0.15, -0.1) is 0 Å². The molecular formula is C23H21F3N2O3. The zero-order chi connectivity index (χ0) is 22.1. The lowest BCUT2D eigenvalue weighted by molar-refractivity contribution is -0.138. The maximum absolute atomic E-state index is 14.4. The van der Waals surface area contributed by atoms with Crippen molar-refractivity contribution in [2.24, 2.45) is 5.92 Å². The molecule has 1 amide bonds. The number of carboxylic acid groups (broad SMARTS) is 1. The van der Waals surface area contributed by atoms with E-state index in [1.54, 1.807) is 29.0 Å². The van der Waals surface area contributed by atoms with Crippen molar-refractivity contribution in [3.05, 3.63) is 71.2 Å². The van der Waals surface area contributed by atoms with Crippen LogP contribution in [0.15, 0.2) is 48.7 Å². The third kappa shape index (κ3) is 4.42. The Morgan fingerprint density at radius 2 is 1.81 bits per heavy atom. The molecular weight excluding hydrogens is 409 g/mol. The normalized spacial score (nSPS) is 18.2. The van der Waals surface area contributed by atoms with Crippen LogP contribution in [-0.2, 0) is 11.3 Å². The molecule has 1 saturated carbocycles. The lowest BCUT2D eigenvalue weighted by Crippen LogP contribution is -2.44. The van der Waals surface area contributed by atoms with Crippen LogP contribution in [-0.4, -0.2) is 27.6 Å². The Hall–Kier alpha value is -3.29. The molecule has 3 aromatic rings. The molecule has 5 nitrogen and oxygen atoms in total. The number of halogens is 3. The number of aliphatic carboxylic acids is 1. The number of carbonyl (C=O) groups excluding carboxylic acids is 1. The van der Waals surface area contributed by atoms with Crippen LogP contribution in [0.25, 0.3) is 10.9 Å². The molecule has 0 unspecified atom stereocenters. The molecule has 0 atom stereocenters. The minimum Gasteiger partial charge on any atom is -0.481 e. The van der Waals surface area contributed by atoms with Crippen LogP contribution in [0.2, 0.25) is 0 Å². The summed E-state index contributed by atoms with van der Waals surface area (Å²) >= 11 is 0. The first-order valence-corrected chi connectivity index (χ1v) is 9.99. The van der Waals surface area contributed by atoms with Crippen LogP contribution in [0, 0.1) is 11.7 Å². The minimum atomic E-state index is -2.55. The van der Waals surface area contributed by atoms with Gasteiger partial charge in [0.15, 0.2) is 0 Å². The topological polar surface area (TPSA) is 71.3 Å². The Kier molecular flexibility index (Phi) is 5.71. The fraction of sp³-hybridized carbons (Fsp3) is 0.304. The van der Waals surface area contributed by atoms with E-state index >= 15 is 0 Å². The fourth-order valence-corrected chi connectivity index (χ4v) is 4.10. The van der Waals surface area contributed by atoms with Crippen molar-refractivity contribution >= 4 is 22.8 Å². The molecule has 1 aliphatic rings. The van der Waals surface area contributed by atoms with Gasteiger partial charge in [0.05, 0.1) is 11.1 Å². The largest absolute Gasteiger partial charge is 0.481 e. The van der Waals surface area contributed by atoms with Crippen molar-refractivity contribution in [2.45, 2.75) is 38.3 Å². The van der Waals surface area contributed by atoms with Gasteiger partial charge in [-0.25, -0.2) is 13.2 Å². The number of aromatic nitrogens is 1. The zero-order valence-corrected chi connectivity index (χ0v) is 16.5. The Morgan fingerprint density at radius 3 is 2.45 bits per heavy atom. The van der Waals surface area contributed by atoms with E-state index in [9.17, 15) is 22.8 Å². The van der Waals surface area contributed by atoms with Gasteiger partial charge in [0, 0.05) is 36.2 Å². The molecule has 0 saturated heterocycles. The highest BCUT2D eigenvalue weighted by Crippen LogP contribution is 2.31. The fourth-order valence-electron chi connectivity index (χ4n) is 4.10. The number of benzene rings is 2. The predicted octanol–water partition coefficient (Wildman–Crippen LogP) is 4.75. The van der Waals surface area contributed by atoms with Crippen LogP contribution in [0.3, 0.4) is 0 Å². The van der Waals surface area contributed by atoms with E-state index in [0.29, 0.717) is 35.9 Å². The monoisotopic (exact) mass is 430 g/mol. The highest BCUT2D eigenvalue weighted by molar-refractivity contribution is 6.06. The van der Waals surface area contributed by atoms with Gasteiger partial charge >= 0.3 is 5.97 Å². The first-order valence-electron chi connectivity index (χ1n) is 9.99. The molecule has 1 fully saturated rings. The Labute approximate surface area is 176 Å². The van der Waals surface area contributed by atoms with Crippen LogP contribution in [0.4, 0.5) is 13.2 Å². The standard InChI is InChI=1S/C23H21F3N2O3/c24-19-6-5-18(23(31)27-16-9-14(10-16)11-20(29)30)21-17(19)7-8-28(21)12-13-1-3-15(4-2-13)22(25)26/h1-8,14,16,22H,9-12H2,(H,27,31)(H,29,30). The second-order valence-electron chi connectivity index (χ2n) is 7.95. The minimum absolute atomic E-state index is 0.0520. The lowest BCUT2D eigenvalue weighted by atomic mass is 9.78. The van der Waals surface area contributed by atoms with Gasteiger partial charge in [-0.3, -0.25) is 9.59 Å². The molecule has 1 aromatic heterocycles. The third-order valence-electron chi connectivity index (χ3n) is 5.74. The summed E-state index contributed by atoms with van der Waals surface area (Å²) in [4.78, 5) is 23.7. The number of carboxylic acids is 1. The van der Waals surface area contributed by atoms with Gasteiger partial charge in [-0.05, 0) is 42.5 Å². The predicted molar refractivity (Wildman–Crippen MR) is 109 cm³/mol. The second-order valence-corrected chi connectivity index (χ2v) is 7.95. The summed E-state index contributed by atoms with van der Waals surface area (Å²) in [5, 5.41) is 12.0. The number of hydrogen-bond acceptors (Lipinski definition) is 2. The summed E-state index contributed by atoms with van der Waals surface area (Å²) in [6, 6.07) is 10.0. The van der Waals surface area contributed by atoms with Gasteiger partial charge < -0.3 is 15.0 Å². The molecule has 1 aliphatic carbocycles. The summed E-state index contributed by atoms with van der Waals surface area (Å²) in [5.74, 6) is -1.61. The van der Waals surface area contributed by atoms with E-state index in [1.807, 2.05) is 0 Å². The quantitative estimate of drug-likeness (QED) is 0.568. The average Bonchev–Trinajstić information content (AvgIpc) is 3.11. The summed E-state index contributed by atoms with van der Waals surface area (Å²) in [6.45, 7) is 0.293. The van der Waals surface area contributed by atoms with E-state index < -0.39 is 18.2 Å². The van der Waals surface area contributed by atoms with Crippen molar-refractivity contribution in [3.63, 3.8) is 0 Å². The van der Waals surface area contributed by atoms with E-state index in [2.05, 4.69) is 5.32 Å². The molecule has 0 spiro atoms. The molecule has 4 rings (SSSR count). The number of hydrogen-bond donors (Lipinski definition) is 2. The number of fused-ring (bicyclic) bond motifs is 1. The van der Waals surface area contributed by atoms with Crippen LogP contribution in [0.1, 0.15) is 47.2 Å². The molecule has 0 radical (unpaired) electrons. The number of alkyl halides is 2. The Balaban J connectivity index is 1.55. The Morgan fingerprint density at radius 1 is 1.10 bits per heavy atom. The summed E-state index contributed by atoms with van der Waals surface area (Å²) in [5.41, 5.74) is 1.41. The molecule has 2 aromatic carbocycles. The van der Waals surface area contributed by atoms with Gasteiger partial charge in [-0.1, -0.05) is 24.3 Å². The van der Waals surface area contributed by atoms with E-state index in [4.69, 9.17) is 5.11 Å². The van der Waals surface area contributed by atoms with Crippen molar-refractivity contribution in [1.29, 1.82) is 0 Å². The van der Waals surface area contributed by atoms with Crippen molar-refractivity contribution in [3.8, 4) is 0 Å². The second kappa shape index (κ2) is 8.45. The molecule has 1 heterocycles. The van der Waals surface area contributed by atoms with Crippen molar-refractivity contribution < 1.29 is 27.9 Å². The molecule has 31 heavy (non-hydrogen) atoms. The van der Waals surface area contributed by atoms with E-state index in [1.165, 1.54) is 24.3 Å². The number of rotatable bonds is 7. The van der Waals surface area contributed by atoms with Gasteiger partial charge in [0.25, 0.3) is 12.3 Å². The molecule has 8 heteroatoms. The molecule has 2 N–H and O–H groups in total. The lowest BCUT2D eigenvalue weighted by Gasteiger charge is -2.35. The highest BCUT2D eigenvalue weighted by Gasteiger charge is 2.32. The maximum Gasteiger partial charge on any atom is 0.303 e. The van der Waals surface area contributed by atoms with Crippen LogP contribution >= 0.6 is 0 Å². The summed E-state index contributed by atoms with van der Waals surface area (Å²) in [7, 11) is 0. The number of nitrogens with one attached hydrogen (secondary N) is 1. The van der Waals surface area contributed by atoms with Crippen LogP contribution < -0.4 is 5.32 Å².